The van der Waals surface area contributed by atoms with Crippen LogP contribution in [0.2, 0.25) is 0 Å². The fourth-order valence-corrected chi connectivity index (χ4v) is 2.85. The quantitative estimate of drug-likeness (QED) is 0.650. The lowest BCUT2D eigenvalue weighted by molar-refractivity contribution is 0.554. The topological polar surface area (TPSA) is 84.9 Å². The molecule has 3 N–H and O–H groups in total. The van der Waals surface area contributed by atoms with Crippen LogP contribution in [0.1, 0.15) is 36.0 Å². The van der Waals surface area contributed by atoms with Crippen molar-refractivity contribution in [2.45, 2.75) is 38.8 Å². The molecule has 3 heterocycles. The normalized spacial score (nSPS) is 17.7. The maximum Gasteiger partial charge on any atom is 0.148 e. The Morgan fingerprint density at radius 1 is 1.29 bits per heavy atom. The van der Waals surface area contributed by atoms with E-state index in [0.717, 1.165) is 48.5 Å². The highest BCUT2D eigenvalue weighted by atomic mass is 15.3. The molecule has 0 spiro atoms. The summed E-state index contributed by atoms with van der Waals surface area (Å²) in [5.74, 6) is 9.83. The molecular formula is C14H19N7. The Morgan fingerprint density at radius 2 is 2.14 bits per heavy atom. The van der Waals surface area contributed by atoms with Gasteiger partial charge in [-0.15, -0.1) is 0 Å². The van der Waals surface area contributed by atoms with Gasteiger partial charge in [0.25, 0.3) is 0 Å². The number of nitrogens with one attached hydrogen (secondary N) is 1. The van der Waals surface area contributed by atoms with Gasteiger partial charge in [0.15, 0.2) is 0 Å². The van der Waals surface area contributed by atoms with Crippen molar-refractivity contribution in [3.63, 3.8) is 0 Å². The Morgan fingerprint density at radius 3 is 2.90 bits per heavy atom. The molecule has 0 radical (unpaired) electrons. The lowest BCUT2D eigenvalue weighted by Crippen LogP contribution is -2.35. The average molecular weight is 285 g/mol. The molecule has 1 fully saturated rings. The van der Waals surface area contributed by atoms with E-state index in [2.05, 4.69) is 24.9 Å². The molecule has 0 atom stereocenters. The minimum atomic E-state index is 0.503. The monoisotopic (exact) mass is 285 g/mol. The minimum absolute atomic E-state index is 0.503. The third-order valence-electron chi connectivity index (χ3n) is 4.26. The zero-order valence-corrected chi connectivity index (χ0v) is 12.1. The second-order valence-corrected chi connectivity index (χ2v) is 5.76. The molecule has 0 saturated heterocycles. The van der Waals surface area contributed by atoms with Crippen molar-refractivity contribution in [1.29, 1.82) is 0 Å². The Hall–Kier alpha value is -2.15. The van der Waals surface area contributed by atoms with Gasteiger partial charge in [-0.2, -0.15) is 0 Å². The number of fused-ring (bicyclic) bond motifs is 1. The van der Waals surface area contributed by atoms with Gasteiger partial charge in [0.05, 0.1) is 6.54 Å². The molecule has 1 aliphatic carbocycles. The first-order chi connectivity index (χ1) is 10.3. The minimum Gasteiger partial charge on any atom is -0.347 e. The number of rotatable bonds is 3. The predicted molar refractivity (Wildman–Crippen MR) is 79.8 cm³/mol. The Labute approximate surface area is 123 Å². The van der Waals surface area contributed by atoms with Gasteiger partial charge in [-0.25, -0.2) is 20.8 Å². The van der Waals surface area contributed by atoms with Crippen LogP contribution in [0.3, 0.4) is 0 Å². The number of nitrogens with two attached hydrogens (primary N) is 1. The summed E-state index contributed by atoms with van der Waals surface area (Å²) in [7, 11) is 0. The van der Waals surface area contributed by atoms with Crippen molar-refractivity contribution in [3.8, 4) is 0 Å². The van der Waals surface area contributed by atoms with Gasteiger partial charge < -0.3 is 14.9 Å². The van der Waals surface area contributed by atoms with Gasteiger partial charge in [-0.3, -0.25) is 0 Å². The van der Waals surface area contributed by atoms with Crippen LogP contribution >= 0.6 is 0 Å². The van der Waals surface area contributed by atoms with Crippen LogP contribution in [-0.4, -0.2) is 26.1 Å². The van der Waals surface area contributed by atoms with E-state index in [0.29, 0.717) is 5.92 Å². The van der Waals surface area contributed by atoms with E-state index < -0.39 is 0 Å². The summed E-state index contributed by atoms with van der Waals surface area (Å²) in [6.07, 6.45) is 6.24. The highest BCUT2D eigenvalue weighted by molar-refractivity contribution is 5.58. The molecule has 1 saturated carbocycles. The van der Waals surface area contributed by atoms with Crippen LogP contribution in [0.25, 0.3) is 0 Å². The number of nitrogen functional groups attached to an aromatic ring is 1. The SMILES string of the molecule is Cc1c(NN)nc(C2CC2)nc1N1CCn2ccnc2C1. The van der Waals surface area contributed by atoms with E-state index in [1.54, 1.807) is 0 Å². The zero-order valence-electron chi connectivity index (χ0n) is 12.1. The lowest BCUT2D eigenvalue weighted by atomic mass is 10.2. The first-order valence-electron chi connectivity index (χ1n) is 7.36. The second kappa shape index (κ2) is 4.70. The molecule has 4 rings (SSSR count). The molecule has 0 unspecified atom stereocenters. The third-order valence-corrected chi connectivity index (χ3v) is 4.26. The standard InChI is InChI=1S/C14H19N7/c1-9-12(19-15)17-13(10-2-3-10)18-14(9)21-7-6-20-5-4-16-11(20)8-21/h4-5,10H,2-3,6-8,15H2,1H3,(H,17,18,19). The molecule has 0 aromatic carbocycles. The summed E-state index contributed by atoms with van der Waals surface area (Å²) in [5, 5.41) is 0. The summed E-state index contributed by atoms with van der Waals surface area (Å²) >= 11 is 0. The molecule has 0 bridgehead atoms. The molecule has 7 heteroatoms. The molecule has 21 heavy (non-hydrogen) atoms. The van der Waals surface area contributed by atoms with E-state index in [9.17, 15) is 0 Å². The number of nitrogens with zero attached hydrogens (tertiary/aromatic N) is 5. The van der Waals surface area contributed by atoms with Crippen LogP contribution < -0.4 is 16.2 Å². The average Bonchev–Trinajstić information content (AvgIpc) is 3.25. The molecule has 110 valence electrons. The molecule has 1 aliphatic heterocycles. The number of hydrazine groups is 1. The highest BCUT2D eigenvalue weighted by Gasteiger charge is 2.29. The summed E-state index contributed by atoms with van der Waals surface area (Å²) in [6, 6.07) is 0. The smallest absolute Gasteiger partial charge is 0.148 e. The third kappa shape index (κ3) is 2.13. The predicted octanol–water partition coefficient (Wildman–Crippen LogP) is 1.16. The van der Waals surface area contributed by atoms with Gasteiger partial charge in [-0.1, -0.05) is 0 Å². The second-order valence-electron chi connectivity index (χ2n) is 5.76. The molecule has 2 aromatic heterocycles. The van der Waals surface area contributed by atoms with Crippen LogP contribution in [0.4, 0.5) is 11.6 Å². The highest BCUT2D eigenvalue weighted by Crippen LogP contribution is 2.40. The summed E-state index contributed by atoms with van der Waals surface area (Å²) < 4.78 is 2.19. The van der Waals surface area contributed by atoms with Crippen molar-refractivity contribution < 1.29 is 0 Å². The van der Waals surface area contributed by atoms with Crippen molar-refractivity contribution in [2.24, 2.45) is 5.84 Å². The number of imidazole rings is 1. The molecule has 0 amide bonds. The van der Waals surface area contributed by atoms with Gasteiger partial charge in [0.1, 0.15) is 23.3 Å². The molecule has 2 aromatic rings. The molecular weight excluding hydrogens is 266 g/mol. The maximum absolute atomic E-state index is 5.62. The fraction of sp³-hybridized carbons (Fsp3) is 0.500. The summed E-state index contributed by atoms with van der Waals surface area (Å²) in [4.78, 5) is 16.0. The van der Waals surface area contributed by atoms with Crippen molar-refractivity contribution in [2.75, 3.05) is 16.9 Å². The number of anilines is 2. The van der Waals surface area contributed by atoms with E-state index in [1.165, 1.54) is 12.8 Å². The lowest BCUT2D eigenvalue weighted by Gasteiger charge is -2.30. The zero-order chi connectivity index (χ0) is 14.4. The van der Waals surface area contributed by atoms with Gasteiger partial charge >= 0.3 is 0 Å². The van der Waals surface area contributed by atoms with E-state index in [1.807, 2.05) is 19.3 Å². The molecule has 7 nitrogen and oxygen atoms in total. The van der Waals surface area contributed by atoms with E-state index in [4.69, 9.17) is 10.8 Å². The first kappa shape index (κ1) is 12.6. The van der Waals surface area contributed by atoms with Gasteiger partial charge in [0.2, 0.25) is 0 Å². The van der Waals surface area contributed by atoms with Gasteiger partial charge in [-0.05, 0) is 19.8 Å². The number of hydrogen-bond acceptors (Lipinski definition) is 6. The van der Waals surface area contributed by atoms with Crippen LogP contribution in [0, 0.1) is 6.92 Å². The Balaban J connectivity index is 1.72. The van der Waals surface area contributed by atoms with Crippen molar-refractivity contribution in [3.05, 3.63) is 29.6 Å². The Kier molecular flexibility index (Phi) is 2.81. The summed E-state index contributed by atoms with van der Waals surface area (Å²) in [5.41, 5.74) is 3.72. The Bertz CT molecular complexity index is 674. The first-order valence-corrected chi connectivity index (χ1v) is 7.36. The van der Waals surface area contributed by atoms with Gasteiger partial charge in [0, 0.05) is 37.0 Å². The number of hydrogen-bond donors (Lipinski definition) is 2. The van der Waals surface area contributed by atoms with E-state index in [-0.39, 0.29) is 0 Å². The van der Waals surface area contributed by atoms with Crippen molar-refractivity contribution in [1.82, 2.24) is 19.5 Å². The molecule has 2 aliphatic rings. The fourth-order valence-electron chi connectivity index (χ4n) is 2.85. The largest absolute Gasteiger partial charge is 0.347 e. The number of aromatic nitrogens is 4. The maximum atomic E-state index is 5.62. The summed E-state index contributed by atoms with van der Waals surface area (Å²) in [6.45, 7) is 4.65. The van der Waals surface area contributed by atoms with Crippen LogP contribution in [0.15, 0.2) is 12.4 Å². The van der Waals surface area contributed by atoms with Crippen LogP contribution in [-0.2, 0) is 13.1 Å². The van der Waals surface area contributed by atoms with E-state index >= 15 is 0 Å². The van der Waals surface area contributed by atoms with Crippen LogP contribution in [0.5, 0.6) is 0 Å². The van der Waals surface area contributed by atoms with Crippen molar-refractivity contribution >= 4 is 11.6 Å².